The molecular weight excluding hydrogens is 489 g/mol. The smallest absolute Gasteiger partial charge is 0.746 e. The number of hydrogen-bond donors (Lipinski definition) is 1. The molecule has 178 valence electrons. The Balaban J connectivity index is 0.000000620. The van der Waals surface area contributed by atoms with Gasteiger partial charge in [0.05, 0.1) is 11.1 Å². The molecule has 0 aliphatic carbocycles. The first-order chi connectivity index (χ1) is 14.3. The molecule has 0 amide bonds. The van der Waals surface area contributed by atoms with Crippen LogP contribution < -0.4 is 29.6 Å². The minimum atomic E-state index is -5.02. The van der Waals surface area contributed by atoms with Crippen molar-refractivity contribution < 1.29 is 78.8 Å². The maximum absolute atomic E-state index is 12.4. The quantitative estimate of drug-likeness (QED) is 0.374. The van der Waals surface area contributed by atoms with E-state index in [0.717, 1.165) is 31.2 Å². The molecule has 1 N–H and O–H groups in total. The fourth-order valence-corrected chi connectivity index (χ4v) is 2.81. The van der Waals surface area contributed by atoms with Gasteiger partial charge in [-0.15, -0.1) is 0 Å². The summed E-state index contributed by atoms with van der Waals surface area (Å²) in [5, 5.41) is 9.42. The van der Waals surface area contributed by atoms with Gasteiger partial charge in [-0.1, -0.05) is 36.4 Å². The monoisotopic (exact) mass is 508 g/mol. The summed E-state index contributed by atoms with van der Waals surface area (Å²) in [6.07, 6.45) is -9.57. The SMILES string of the molecule is CC(=O)Cc1cccc(C(F)(F)F)c1.CC(O)(Cc1cccc(C(F)(F)F)c1)S(=O)(=O)[O-].[Na+]. The van der Waals surface area contributed by atoms with Gasteiger partial charge in [0.15, 0.2) is 4.93 Å². The van der Waals surface area contributed by atoms with Crippen LogP contribution >= 0.6 is 0 Å². The summed E-state index contributed by atoms with van der Waals surface area (Å²) in [7, 11) is -5.02. The molecule has 33 heavy (non-hydrogen) atoms. The topological polar surface area (TPSA) is 94.5 Å². The Bertz CT molecular complexity index is 1050. The van der Waals surface area contributed by atoms with Crippen LogP contribution in [0.3, 0.4) is 0 Å². The Labute approximate surface area is 208 Å². The second kappa shape index (κ2) is 11.8. The number of carbonyl (C=O) groups excluding carboxylic acids is 1. The average Bonchev–Trinajstić information content (AvgIpc) is 2.59. The van der Waals surface area contributed by atoms with Gasteiger partial charge in [0.25, 0.3) is 0 Å². The van der Waals surface area contributed by atoms with Crippen molar-refractivity contribution in [3.8, 4) is 0 Å². The van der Waals surface area contributed by atoms with Gasteiger partial charge in [-0.05, 0) is 37.1 Å². The molecule has 0 aromatic heterocycles. The molecule has 0 aliphatic rings. The zero-order valence-electron chi connectivity index (χ0n) is 17.8. The third-order valence-electron chi connectivity index (χ3n) is 4.03. The molecule has 13 heteroatoms. The van der Waals surface area contributed by atoms with E-state index in [1.54, 1.807) is 0 Å². The third kappa shape index (κ3) is 10.6. The van der Waals surface area contributed by atoms with Crippen LogP contribution in [0, 0.1) is 0 Å². The molecule has 2 aromatic carbocycles. The fourth-order valence-electron chi connectivity index (χ4n) is 2.47. The van der Waals surface area contributed by atoms with E-state index in [1.807, 2.05) is 0 Å². The van der Waals surface area contributed by atoms with Gasteiger partial charge in [-0.25, -0.2) is 8.42 Å². The predicted molar refractivity (Wildman–Crippen MR) is 101 cm³/mol. The Morgan fingerprint density at radius 1 is 0.909 bits per heavy atom. The van der Waals surface area contributed by atoms with Crippen LogP contribution in [0.4, 0.5) is 26.3 Å². The van der Waals surface area contributed by atoms with Crippen LogP contribution in [0.15, 0.2) is 48.5 Å². The second-order valence-electron chi connectivity index (χ2n) is 7.08. The molecule has 5 nitrogen and oxygen atoms in total. The van der Waals surface area contributed by atoms with E-state index in [-0.39, 0.29) is 47.3 Å². The van der Waals surface area contributed by atoms with Gasteiger partial charge in [-0.2, -0.15) is 26.3 Å². The van der Waals surface area contributed by atoms with E-state index >= 15 is 0 Å². The largest absolute Gasteiger partial charge is 1.00 e. The van der Waals surface area contributed by atoms with Crippen LogP contribution in [0.2, 0.25) is 0 Å². The van der Waals surface area contributed by atoms with Gasteiger partial charge in [-0.3, -0.25) is 4.79 Å². The first kappa shape index (κ1) is 31.6. The van der Waals surface area contributed by atoms with Crippen molar-refractivity contribution in [1.29, 1.82) is 0 Å². The third-order valence-corrected chi connectivity index (χ3v) is 5.25. The molecule has 1 atom stereocenters. The molecule has 2 rings (SSSR count). The van der Waals surface area contributed by atoms with E-state index in [0.29, 0.717) is 11.6 Å². The summed E-state index contributed by atoms with van der Waals surface area (Å²) in [4.78, 5) is 8.05. The number of benzene rings is 2. The van der Waals surface area contributed by atoms with Gasteiger partial charge in [0.1, 0.15) is 15.9 Å². The fraction of sp³-hybridized carbons (Fsp3) is 0.350. The summed E-state index contributed by atoms with van der Waals surface area (Å²) >= 11 is 0. The number of ketones is 1. The van der Waals surface area contributed by atoms with E-state index < -0.39 is 45.0 Å². The molecule has 0 fully saturated rings. The maximum Gasteiger partial charge on any atom is 1.00 e. The molecule has 0 aliphatic heterocycles. The number of Topliss-reactive ketones (excluding diaryl/α,β-unsaturated/α-hetero) is 1. The van der Waals surface area contributed by atoms with Gasteiger partial charge in [0.2, 0.25) is 0 Å². The summed E-state index contributed by atoms with van der Waals surface area (Å²) in [6, 6.07) is 8.59. The van der Waals surface area contributed by atoms with Crippen LogP contribution in [0.5, 0.6) is 0 Å². The minimum Gasteiger partial charge on any atom is -0.746 e. The van der Waals surface area contributed by atoms with Crippen LogP contribution in [-0.2, 0) is 40.1 Å². The summed E-state index contributed by atoms with van der Waals surface area (Å²) in [5.74, 6) is -0.149. The number of carbonyl (C=O) groups is 1. The first-order valence-corrected chi connectivity index (χ1v) is 10.2. The number of alkyl halides is 6. The summed E-state index contributed by atoms with van der Waals surface area (Å²) in [6.45, 7) is 2.09. The maximum atomic E-state index is 12.4. The summed E-state index contributed by atoms with van der Waals surface area (Å²) in [5.41, 5.74) is -1.38. The van der Waals surface area contributed by atoms with Crippen LogP contribution in [0.25, 0.3) is 0 Å². The molecule has 0 saturated carbocycles. The van der Waals surface area contributed by atoms with Crippen molar-refractivity contribution in [2.75, 3.05) is 0 Å². The molecule has 0 spiro atoms. The van der Waals surface area contributed by atoms with Crippen molar-refractivity contribution in [3.05, 3.63) is 70.8 Å². The first-order valence-electron chi connectivity index (χ1n) is 8.82. The number of aliphatic hydroxyl groups is 1. The van der Waals surface area contributed by atoms with E-state index in [2.05, 4.69) is 0 Å². The summed E-state index contributed by atoms with van der Waals surface area (Å²) < 4.78 is 106. The standard InChI is InChI=1S/C10H11F3O4S.C10H9F3O.Na/c1-9(14,18(15,16)17)6-7-3-2-4-8(5-7)10(11,12)13;1-7(14)5-8-3-2-4-9(6-8)10(11,12)13;/h2-5,14H,6H2,1H3,(H,15,16,17);2-4,6H,5H2,1H3;/q;;+1/p-1. The molecule has 0 radical (unpaired) electrons. The molecule has 0 saturated heterocycles. The van der Waals surface area contributed by atoms with Crippen LogP contribution in [0.1, 0.15) is 36.1 Å². The minimum absolute atomic E-state index is 0. The Hall–Kier alpha value is -1.44. The number of rotatable bonds is 5. The zero-order chi connectivity index (χ0) is 25.0. The zero-order valence-corrected chi connectivity index (χ0v) is 20.6. The van der Waals surface area contributed by atoms with Gasteiger partial charge < -0.3 is 9.66 Å². The molecule has 0 bridgehead atoms. The van der Waals surface area contributed by atoms with Crippen molar-refractivity contribution in [2.45, 2.75) is 44.0 Å². The van der Waals surface area contributed by atoms with E-state index in [1.165, 1.54) is 25.1 Å². The molecule has 1 unspecified atom stereocenters. The Morgan fingerprint density at radius 3 is 1.67 bits per heavy atom. The van der Waals surface area contributed by atoms with Crippen molar-refractivity contribution in [2.24, 2.45) is 0 Å². The normalized spacial score (nSPS) is 13.8. The van der Waals surface area contributed by atoms with E-state index in [4.69, 9.17) is 0 Å². The second-order valence-corrected chi connectivity index (χ2v) is 8.87. The number of halogens is 6. The predicted octanol–water partition coefficient (Wildman–Crippen LogP) is 1.34. The van der Waals surface area contributed by atoms with Gasteiger partial charge >= 0.3 is 41.9 Å². The van der Waals surface area contributed by atoms with Crippen LogP contribution in [-0.4, -0.2) is 28.8 Å². The van der Waals surface area contributed by atoms with Crippen molar-refractivity contribution >= 4 is 15.9 Å². The Morgan fingerprint density at radius 2 is 1.30 bits per heavy atom. The number of hydrogen-bond acceptors (Lipinski definition) is 5. The van der Waals surface area contributed by atoms with Gasteiger partial charge in [0, 0.05) is 12.8 Å². The molecular formula is C20H19F6NaO5S. The van der Waals surface area contributed by atoms with Crippen molar-refractivity contribution in [3.63, 3.8) is 0 Å². The van der Waals surface area contributed by atoms with E-state index in [9.17, 15) is 49.2 Å². The Kier molecular flexibility index (Phi) is 11.3. The molecule has 2 aromatic rings. The molecule has 0 heterocycles. The van der Waals surface area contributed by atoms with Crippen molar-refractivity contribution in [1.82, 2.24) is 0 Å². The average molecular weight is 508 g/mol.